The van der Waals surface area contributed by atoms with E-state index in [0.717, 1.165) is 19.4 Å². The highest BCUT2D eigenvalue weighted by atomic mass is 16.5. The standard InChI is InChI=1S/C14H21N3O2/c1-10(2)9-17(11-6-7-11)14(18)16-12-5-4-8-15-13(12)19-3/h4-5,8,10-11H,6-7,9H2,1-3H3,(H,16,18). The van der Waals surface area contributed by atoms with Gasteiger partial charge in [0.15, 0.2) is 0 Å². The number of methoxy groups -OCH3 is 1. The van der Waals surface area contributed by atoms with Gasteiger partial charge in [-0.2, -0.15) is 0 Å². The molecule has 104 valence electrons. The van der Waals surface area contributed by atoms with Gasteiger partial charge in [-0.15, -0.1) is 0 Å². The molecule has 0 saturated heterocycles. The SMILES string of the molecule is COc1ncccc1NC(=O)N(CC(C)C)C1CC1. The zero-order chi connectivity index (χ0) is 13.8. The summed E-state index contributed by atoms with van der Waals surface area (Å²) >= 11 is 0. The molecule has 2 amide bonds. The first-order chi connectivity index (χ1) is 9.11. The lowest BCUT2D eigenvalue weighted by Gasteiger charge is -2.25. The molecule has 19 heavy (non-hydrogen) atoms. The minimum absolute atomic E-state index is 0.0671. The Morgan fingerprint density at radius 2 is 2.32 bits per heavy atom. The highest BCUT2D eigenvalue weighted by Gasteiger charge is 2.33. The summed E-state index contributed by atoms with van der Waals surface area (Å²) in [4.78, 5) is 18.3. The molecular weight excluding hydrogens is 242 g/mol. The minimum atomic E-state index is -0.0671. The molecule has 0 aliphatic heterocycles. The monoisotopic (exact) mass is 263 g/mol. The van der Waals surface area contributed by atoms with Crippen molar-refractivity contribution in [3.8, 4) is 5.88 Å². The summed E-state index contributed by atoms with van der Waals surface area (Å²) < 4.78 is 5.14. The van der Waals surface area contributed by atoms with Crippen molar-refractivity contribution >= 4 is 11.7 Å². The van der Waals surface area contributed by atoms with E-state index < -0.39 is 0 Å². The van der Waals surface area contributed by atoms with E-state index in [4.69, 9.17) is 4.74 Å². The van der Waals surface area contributed by atoms with Gasteiger partial charge in [0.2, 0.25) is 5.88 Å². The number of pyridine rings is 1. The van der Waals surface area contributed by atoms with Gasteiger partial charge in [0.05, 0.1) is 7.11 Å². The quantitative estimate of drug-likeness (QED) is 0.888. The Bertz CT molecular complexity index is 444. The number of amides is 2. The first-order valence-electron chi connectivity index (χ1n) is 6.68. The number of hydrogen-bond acceptors (Lipinski definition) is 3. The summed E-state index contributed by atoms with van der Waals surface area (Å²) in [6.07, 6.45) is 3.84. The number of nitrogens with one attached hydrogen (secondary N) is 1. The summed E-state index contributed by atoms with van der Waals surface area (Å²) in [5, 5.41) is 2.89. The van der Waals surface area contributed by atoms with Crippen molar-refractivity contribution in [2.45, 2.75) is 32.7 Å². The molecule has 0 aromatic carbocycles. The maximum absolute atomic E-state index is 12.3. The van der Waals surface area contributed by atoms with E-state index in [2.05, 4.69) is 24.1 Å². The van der Waals surface area contributed by atoms with Gasteiger partial charge in [0.25, 0.3) is 0 Å². The molecule has 0 bridgehead atoms. The van der Waals surface area contributed by atoms with Crippen LogP contribution in [-0.4, -0.2) is 35.6 Å². The molecule has 0 atom stereocenters. The lowest BCUT2D eigenvalue weighted by Crippen LogP contribution is -2.39. The van der Waals surface area contributed by atoms with Crippen LogP contribution in [0.15, 0.2) is 18.3 Å². The average molecular weight is 263 g/mol. The number of urea groups is 1. The normalized spacial score (nSPS) is 14.3. The lowest BCUT2D eigenvalue weighted by molar-refractivity contribution is 0.201. The van der Waals surface area contributed by atoms with E-state index in [1.54, 1.807) is 25.4 Å². The maximum atomic E-state index is 12.3. The second-order valence-corrected chi connectivity index (χ2v) is 5.27. The minimum Gasteiger partial charge on any atom is -0.480 e. The van der Waals surface area contributed by atoms with Crippen LogP contribution in [0.4, 0.5) is 10.5 Å². The molecule has 2 rings (SSSR count). The first kappa shape index (κ1) is 13.6. The number of hydrogen-bond donors (Lipinski definition) is 1. The third-order valence-corrected chi connectivity index (χ3v) is 3.02. The first-order valence-corrected chi connectivity index (χ1v) is 6.68. The van der Waals surface area contributed by atoms with Crippen molar-refractivity contribution in [1.82, 2.24) is 9.88 Å². The van der Waals surface area contributed by atoms with Crippen molar-refractivity contribution in [2.75, 3.05) is 19.0 Å². The fourth-order valence-electron chi connectivity index (χ4n) is 2.01. The number of aromatic nitrogens is 1. The van der Waals surface area contributed by atoms with Gasteiger partial charge in [-0.05, 0) is 30.9 Å². The topological polar surface area (TPSA) is 54.5 Å². The van der Waals surface area contributed by atoms with Crippen molar-refractivity contribution in [1.29, 1.82) is 0 Å². The Kier molecular flexibility index (Phi) is 4.24. The Labute approximate surface area is 114 Å². The van der Waals surface area contributed by atoms with Gasteiger partial charge in [0, 0.05) is 18.8 Å². The molecule has 0 radical (unpaired) electrons. The highest BCUT2D eigenvalue weighted by molar-refractivity contribution is 5.91. The predicted molar refractivity (Wildman–Crippen MR) is 74.4 cm³/mol. The summed E-state index contributed by atoms with van der Waals surface area (Å²) in [6.45, 7) is 5.01. The molecule has 5 heteroatoms. The Morgan fingerprint density at radius 3 is 2.89 bits per heavy atom. The van der Waals surface area contributed by atoms with Gasteiger partial charge < -0.3 is 15.0 Å². The molecule has 1 aromatic rings. The van der Waals surface area contributed by atoms with Gasteiger partial charge in [-0.25, -0.2) is 9.78 Å². The molecule has 0 spiro atoms. The third kappa shape index (κ3) is 3.59. The van der Waals surface area contributed by atoms with Crippen molar-refractivity contribution in [3.05, 3.63) is 18.3 Å². The number of carbonyl (C=O) groups excluding carboxylic acids is 1. The highest BCUT2D eigenvalue weighted by Crippen LogP contribution is 2.29. The van der Waals surface area contributed by atoms with Crippen LogP contribution in [0, 0.1) is 5.92 Å². The maximum Gasteiger partial charge on any atom is 0.322 e. The molecule has 1 N–H and O–H groups in total. The molecule has 1 heterocycles. The van der Waals surface area contributed by atoms with E-state index in [9.17, 15) is 4.79 Å². The predicted octanol–water partition coefficient (Wildman–Crippen LogP) is 2.74. The van der Waals surface area contributed by atoms with E-state index in [-0.39, 0.29) is 6.03 Å². The Morgan fingerprint density at radius 1 is 1.58 bits per heavy atom. The van der Waals surface area contributed by atoms with Crippen molar-refractivity contribution in [2.24, 2.45) is 5.92 Å². The molecule has 1 aliphatic rings. The Hall–Kier alpha value is -1.78. The Balaban J connectivity index is 2.05. The average Bonchev–Trinajstić information content (AvgIpc) is 3.20. The largest absolute Gasteiger partial charge is 0.480 e. The number of anilines is 1. The fourth-order valence-corrected chi connectivity index (χ4v) is 2.01. The van der Waals surface area contributed by atoms with Crippen LogP contribution in [0.25, 0.3) is 0 Å². The molecule has 1 aliphatic carbocycles. The smallest absolute Gasteiger partial charge is 0.322 e. The third-order valence-electron chi connectivity index (χ3n) is 3.02. The summed E-state index contributed by atoms with van der Waals surface area (Å²) in [5.74, 6) is 0.901. The van der Waals surface area contributed by atoms with Crippen LogP contribution < -0.4 is 10.1 Å². The zero-order valence-corrected chi connectivity index (χ0v) is 11.7. The second kappa shape index (κ2) is 5.91. The summed E-state index contributed by atoms with van der Waals surface area (Å²) in [6, 6.07) is 3.90. The van der Waals surface area contributed by atoms with Crippen molar-refractivity contribution in [3.63, 3.8) is 0 Å². The zero-order valence-electron chi connectivity index (χ0n) is 11.7. The lowest BCUT2D eigenvalue weighted by atomic mass is 10.2. The van der Waals surface area contributed by atoms with Crippen LogP contribution in [-0.2, 0) is 0 Å². The van der Waals surface area contributed by atoms with E-state index in [1.165, 1.54) is 0 Å². The number of rotatable bonds is 5. The van der Waals surface area contributed by atoms with Crippen LogP contribution in [0.5, 0.6) is 5.88 Å². The summed E-state index contributed by atoms with van der Waals surface area (Å²) in [7, 11) is 1.55. The number of ether oxygens (including phenoxy) is 1. The molecule has 1 saturated carbocycles. The van der Waals surface area contributed by atoms with Gasteiger partial charge in [-0.1, -0.05) is 13.8 Å². The molecular formula is C14H21N3O2. The van der Waals surface area contributed by atoms with Crippen LogP contribution in [0.1, 0.15) is 26.7 Å². The molecule has 5 nitrogen and oxygen atoms in total. The molecule has 0 unspecified atom stereocenters. The summed E-state index contributed by atoms with van der Waals surface area (Å²) in [5.41, 5.74) is 0.615. The molecule has 1 fully saturated rings. The molecule has 1 aromatic heterocycles. The van der Waals surface area contributed by atoms with Crippen LogP contribution >= 0.6 is 0 Å². The van der Waals surface area contributed by atoms with Crippen LogP contribution in [0.2, 0.25) is 0 Å². The number of carbonyl (C=O) groups is 1. The van der Waals surface area contributed by atoms with Crippen LogP contribution in [0.3, 0.4) is 0 Å². The number of nitrogens with zero attached hydrogens (tertiary/aromatic N) is 2. The van der Waals surface area contributed by atoms with Gasteiger partial charge in [-0.3, -0.25) is 0 Å². The fraction of sp³-hybridized carbons (Fsp3) is 0.571. The van der Waals surface area contributed by atoms with E-state index in [1.807, 2.05) is 4.90 Å². The van der Waals surface area contributed by atoms with Gasteiger partial charge in [0.1, 0.15) is 5.69 Å². The van der Waals surface area contributed by atoms with Gasteiger partial charge >= 0.3 is 6.03 Å². The van der Waals surface area contributed by atoms with E-state index in [0.29, 0.717) is 23.5 Å². The van der Waals surface area contributed by atoms with Crippen molar-refractivity contribution < 1.29 is 9.53 Å². The van der Waals surface area contributed by atoms with E-state index >= 15 is 0 Å². The second-order valence-electron chi connectivity index (χ2n) is 5.27.